The molecule has 0 saturated carbocycles. The molecule has 0 aromatic heterocycles. The Morgan fingerprint density at radius 1 is 1.50 bits per heavy atom. The second-order valence-corrected chi connectivity index (χ2v) is 3.94. The minimum absolute atomic E-state index is 0.0443. The van der Waals surface area contributed by atoms with E-state index < -0.39 is 0 Å². The smallest absolute Gasteiger partial charge is 0.220 e. The third kappa shape index (κ3) is 9.68. The number of methoxy groups -OCH3 is 1. The summed E-state index contributed by atoms with van der Waals surface area (Å²) in [5, 5.41) is 2.79. The molecule has 1 N–H and O–H groups in total. The average Bonchev–Trinajstić information content (AvgIpc) is 2.24. The lowest BCUT2D eigenvalue weighted by atomic mass is 10.2. The van der Waals surface area contributed by atoms with Crippen LogP contribution in [0.5, 0.6) is 0 Å². The van der Waals surface area contributed by atoms with Gasteiger partial charge in [-0.1, -0.05) is 12.2 Å². The van der Waals surface area contributed by atoms with Crippen LogP contribution >= 0.6 is 0 Å². The van der Waals surface area contributed by atoms with Crippen LogP contribution < -0.4 is 5.32 Å². The van der Waals surface area contributed by atoms with E-state index in [0.717, 1.165) is 12.0 Å². The fraction of sp³-hybridized carbons (Fsp3) is 0.750. The summed E-state index contributed by atoms with van der Waals surface area (Å²) in [6, 6.07) is 0. The lowest BCUT2D eigenvalue weighted by molar-refractivity contribution is -0.121. The fourth-order valence-corrected chi connectivity index (χ4v) is 1.05. The highest BCUT2D eigenvalue weighted by Crippen LogP contribution is 1.99. The van der Waals surface area contributed by atoms with Crippen LogP contribution in [-0.2, 0) is 14.3 Å². The molecule has 0 aliphatic heterocycles. The lowest BCUT2D eigenvalue weighted by Gasteiger charge is -2.09. The Bertz CT molecular complexity index is 216. The molecule has 0 fully saturated rings. The van der Waals surface area contributed by atoms with E-state index in [4.69, 9.17) is 9.47 Å². The largest absolute Gasteiger partial charge is 0.382 e. The molecular formula is C12H23NO3. The van der Waals surface area contributed by atoms with E-state index in [-0.39, 0.29) is 12.0 Å². The second-order valence-electron chi connectivity index (χ2n) is 3.94. The van der Waals surface area contributed by atoms with Gasteiger partial charge in [0, 0.05) is 20.1 Å². The number of carbonyl (C=O) groups excluding carboxylic acids is 1. The number of carbonyl (C=O) groups is 1. The van der Waals surface area contributed by atoms with Crippen LogP contribution in [0.4, 0.5) is 0 Å². The lowest BCUT2D eigenvalue weighted by Crippen LogP contribution is -2.28. The van der Waals surface area contributed by atoms with Crippen LogP contribution in [0.3, 0.4) is 0 Å². The van der Waals surface area contributed by atoms with Crippen molar-refractivity contribution in [1.82, 2.24) is 5.32 Å². The maximum absolute atomic E-state index is 11.3. The molecule has 0 aliphatic carbocycles. The molecule has 0 bridgehead atoms. The van der Waals surface area contributed by atoms with Crippen molar-refractivity contribution in [2.24, 2.45) is 0 Å². The molecule has 0 heterocycles. The van der Waals surface area contributed by atoms with Crippen LogP contribution in [0.1, 0.15) is 26.7 Å². The van der Waals surface area contributed by atoms with E-state index in [1.807, 2.05) is 13.8 Å². The van der Waals surface area contributed by atoms with Gasteiger partial charge in [-0.15, -0.1) is 0 Å². The number of rotatable bonds is 9. The van der Waals surface area contributed by atoms with Crippen molar-refractivity contribution in [3.63, 3.8) is 0 Å². The third-order valence-corrected chi connectivity index (χ3v) is 2.10. The molecule has 94 valence electrons. The van der Waals surface area contributed by atoms with Crippen LogP contribution in [0, 0.1) is 0 Å². The van der Waals surface area contributed by atoms with E-state index >= 15 is 0 Å². The predicted molar refractivity (Wildman–Crippen MR) is 64.3 cm³/mol. The van der Waals surface area contributed by atoms with Crippen molar-refractivity contribution in [3.05, 3.63) is 12.2 Å². The Labute approximate surface area is 98.0 Å². The van der Waals surface area contributed by atoms with Gasteiger partial charge in [-0.25, -0.2) is 0 Å². The molecule has 0 aromatic rings. The van der Waals surface area contributed by atoms with Gasteiger partial charge in [0.1, 0.15) is 0 Å². The average molecular weight is 229 g/mol. The van der Waals surface area contributed by atoms with E-state index in [2.05, 4.69) is 11.9 Å². The van der Waals surface area contributed by atoms with E-state index in [0.29, 0.717) is 26.2 Å². The van der Waals surface area contributed by atoms with Gasteiger partial charge in [-0.2, -0.15) is 0 Å². The highest BCUT2D eigenvalue weighted by atomic mass is 16.5. The summed E-state index contributed by atoms with van der Waals surface area (Å²) in [6.07, 6.45) is 1.37. The van der Waals surface area contributed by atoms with Crippen LogP contribution in [0.2, 0.25) is 0 Å². The van der Waals surface area contributed by atoms with Gasteiger partial charge in [-0.05, 0) is 20.3 Å². The summed E-state index contributed by atoms with van der Waals surface area (Å²) in [5.74, 6) is 0.0443. The SMILES string of the molecule is C=C(C)COCCNC(=O)CCC(C)OC. The first-order chi connectivity index (χ1) is 7.56. The maximum Gasteiger partial charge on any atom is 0.220 e. The Morgan fingerprint density at radius 2 is 2.19 bits per heavy atom. The molecule has 4 nitrogen and oxygen atoms in total. The summed E-state index contributed by atoms with van der Waals surface area (Å²) in [5.41, 5.74) is 0.986. The zero-order chi connectivity index (χ0) is 12.4. The summed E-state index contributed by atoms with van der Waals surface area (Å²) in [4.78, 5) is 11.3. The molecule has 0 saturated heterocycles. The topological polar surface area (TPSA) is 47.6 Å². The molecule has 1 amide bonds. The van der Waals surface area contributed by atoms with E-state index in [9.17, 15) is 4.79 Å². The number of nitrogens with one attached hydrogen (secondary N) is 1. The Hall–Kier alpha value is -0.870. The standard InChI is InChI=1S/C12H23NO3/c1-10(2)9-16-8-7-13-12(14)6-5-11(3)15-4/h11H,1,5-9H2,2-4H3,(H,13,14). The molecule has 0 spiro atoms. The van der Waals surface area contributed by atoms with Crippen LogP contribution in [-0.4, -0.2) is 38.9 Å². The molecule has 1 atom stereocenters. The van der Waals surface area contributed by atoms with E-state index in [1.165, 1.54) is 0 Å². The van der Waals surface area contributed by atoms with Crippen LogP contribution in [0.25, 0.3) is 0 Å². The van der Waals surface area contributed by atoms with Crippen molar-refractivity contribution in [2.45, 2.75) is 32.8 Å². The first-order valence-corrected chi connectivity index (χ1v) is 5.58. The Kier molecular flexibility index (Phi) is 8.85. The molecule has 0 aliphatic rings. The highest BCUT2D eigenvalue weighted by Gasteiger charge is 2.04. The summed E-state index contributed by atoms with van der Waals surface area (Å²) in [7, 11) is 1.65. The first kappa shape index (κ1) is 15.1. The molecule has 0 rings (SSSR count). The Morgan fingerprint density at radius 3 is 2.75 bits per heavy atom. The van der Waals surface area contributed by atoms with Crippen LogP contribution in [0.15, 0.2) is 12.2 Å². The molecule has 16 heavy (non-hydrogen) atoms. The number of amides is 1. The number of hydrogen-bond acceptors (Lipinski definition) is 3. The minimum Gasteiger partial charge on any atom is -0.382 e. The quantitative estimate of drug-likeness (QED) is 0.481. The summed E-state index contributed by atoms with van der Waals surface area (Å²) >= 11 is 0. The maximum atomic E-state index is 11.3. The van der Waals surface area contributed by atoms with Gasteiger partial charge in [-0.3, -0.25) is 4.79 Å². The molecule has 0 aromatic carbocycles. The van der Waals surface area contributed by atoms with Gasteiger partial charge < -0.3 is 14.8 Å². The van der Waals surface area contributed by atoms with Gasteiger partial charge in [0.25, 0.3) is 0 Å². The Balaban J connectivity index is 3.33. The summed E-state index contributed by atoms with van der Waals surface area (Å²) < 4.78 is 10.3. The van der Waals surface area contributed by atoms with Crippen molar-refractivity contribution >= 4 is 5.91 Å². The molecule has 1 unspecified atom stereocenters. The minimum atomic E-state index is 0.0443. The zero-order valence-electron chi connectivity index (χ0n) is 10.5. The second kappa shape index (κ2) is 9.36. The first-order valence-electron chi connectivity index (χ1n) is 5.58. The number of hydrogen-bond donors (Lipinski definition) is 1. The molecule has 0 radical (unpaired) electrons. The normalized spacial score (nSPS) is 12.2. The van der Waals surface area contributed by atoms with Gasteiger partial charge in [0.05, 0.1) is 19.3 Å². The molecular weight excluding hydrogens is 206 g/mol. The van der Waals surface area contributed by atoms with Crippen molar-refractivity contribution in [1.29, 1.82) is 0 Å². The summed E-state index contributed by atoms with van der Waals surface area (Å²) in [6.45, 7) is 9.20. The monoisotopic (exact) mass is 229 g/mol. The van der Waals surface area contributed by atoms with E-state index in [1.54, 1.807) is 7.11 Å². The zero-order valence-corrected chi connectivity index (χ0v) is 10.5. The molecule has 4 heteroatoms. The van der Waals surface area contributed by atoms with Crippen molar-refractivity contribution < 1.29 is 14.3 Å². The predicted octanol–water partition coefficient (Wildman–Crippen LogP) is 1.51. The third-order valence-electron chi connectivity index (χ3n) is 2.10. The number of ether oxygens (including phenoxy) is 2. The fourth-order valence-electron chi connectivity index (χ4n) is 1.05. The van der Waals surface area contributed by atoms with Gasteiger partial charge >= 0.3 is 0 Å². The van der Waals surface area contributed by atoms with Crippen molar-refractivity contribution in [2.75, 3.05) is 26.9 Å². The van der Waals surface area contributed by atoms with Gasteiger partial charge in [0.2, 0.25) is 5.91 Å². The van der Waals surface area contributed by atoms with Gasteiger partial charge in [0.15, 0.2) is 0 Å². The van der Waals surface area contributed by atoms with Crippen molar-refractivity contribution in [3.8, 4) is 0 Å². The highest BCUT2D eigenvalue weighted by molar-refractivity contribution is 5.75.